The van der Waals surface area contributed by atoms with Crippen molar-refractivity contribution in [3.8, 4) is 0 Å². The molecule has 0 aromatic heterocycles. The normalized spacial score (nSPS) is 25.0. The first-order valence-electron chi connectivity index (χ1n) is 7.44. The quantitative estimate of drug-likeness (QED) is 0.845. The average Bonchev–Trinajstić information content (AvgIpc) is 2.36. The van der Waals surface area contributed by atoms with Crippen LogP contribution in [-0.4, -0.2) is 50.5 Å². The van der Waals surface area contributed by atoms with Crippen LogP contribution in [-0.2, 0) is 9.84 Å². The smallest absolute Gasteiger partial charge is 0.317 e. The van der Waals surface area contributed by atoms with E-state index in [2.05, 4.69) is 12.2 Å². The molecule has 0 aromatic carbocycles. The Bertz CT molecular complexity index is 422. The van der Waals surface area contributed by atoms with Crippen molar-refractivity contribution >= 4 is 15.9 Å². The molecule has 6 heteroatoms. The molecule has 2 amide bonds. The zero-order chi connectivity index (χ0) is 15.3. The fourth-order valence-corrected chi connectivity index (χ4v) is 3.92. The molecule has 1 saturated carbocycles. The summed E-state index contributed by atoms with van der Waals surface area (Å²) in [7, 11) is -1.41. The van der Waals surface area contributed by atoms with Gasteiger partial charge in [-0.05, 0) is 25.7 Å². The van der Waals surface area contributed by atoms with E-state index >= 15 is 0 Å². The molecule has 0 aromatic rings. The highest BCUT2D eigenvalue weighted by Crippen LogP contribution is 2.26. The summed E-state index contributed by atoms with van der Waals surface area (Å²) < 4.78 is 22.6. The second-order valence-electron chi connectivity index (χ2n) is 6.14. The minimum atomic E-state index is -3.07. The summed E-state index contributed by atoms with van der Waals surface area (Å²) in [5, 5.41) is 3.04. The Kier molecular flexibility index (Phi) is 6.30. The molecule has 0 unspecified atom stereocenters. The second kappa shape index (κ2) is 7.29. The lowest BCUT2D eigenvalue weighted by molar-refractivity contribution is 0.185. The maximum atomic E-state index is 12.2. The van der Waals surface area contributed by atoms with E-state index in [1.165, 1.54) is 17.6 Å². The van der Waals surface area contributed by atoms with Crippen molar-refractivity contribution in [1.29, 1.82) is 0 Å². The van der Waals surface area contributed by atoms with Crippen LogP contribution in [0.2, 0.25) is 0 Å². The second-order valence-corrected chi connectivity index (χ2v) is 8.32. The van der Waals surface area contributed by atoms with Gasteiger partial charge in [0.2, 0.25) is 0 Å². The van der Waals surface area contributed by atoms with Crippen LogP contribution in [0.4, 0.5) is 4.79 Å². The van der Waals surface area contributed by atoms with E-state index in [9.17, 15) is 13.2 Å². The summed E-state index contributed by atoms with van der Waals surface area (Å²) in [4.78, 5) is 13.7. The van der Waals surface area contributed by atoms with E-state index in [4.69, 9.17) is 0 Å². The molecule has 1 rings (SSSR count). The van der Waals surface area contributed by atoms with Crippen molar-refractivity contribution in [3.05, 3.63) is 0 Å². The van der Waals surface area contributed by atoms with E-state index in [1.54, 1.807) is 14.0 Å². The maximum absolute atomic E-state index is 12.2. The van der Waals surface area contributed by atoms with Crippen molar-refractivity contribution in [3.63, 3.8) is 0 Å². The molecule has 1 aliphatic carbocycles. The van der Waals surface area contributed by atoms with Crippen LogP contribution in [0.25, 0.3) is 0 Å². The first-order chi connectivity index (χ1) is 9.23. The van der Waals surface area contributed by atoms with Crippen molar-refractivity contribution in [2.24, 2.45) is 5.92 Å². The van der Waals surface area contributed by atoms with Crippen molar-refractivity contribution in [2.75, 3.05) is 19.1 Å². The minimum Gasteiger partial charge on any atom is -0.335 e. The molecule has 20 heavy (non-hydrogen) atoms. The summed E-state index contributed by atoms with van der Waals surface area (Å²) in [5.41, 5.74) is 0. The molecule has 1 N–H and O–H groups in total. The predicted octanol–water partition coefficient (Wildman–Crippen LogP) is 2.03. The molecular formula is C14H28N2O3S. The highest BCUT2D eigenvalue weighted by Gasteiger charge is 2.25. The molecule has 3 atom stereocenters. The van der Waals surface area contributed by atoms with E-state index in [1.807, 2.05) is 0 Å². The summed E-state index contributed by atoms with van der Waals surface area (Å²) >= 11 is 0. The number of nitrogens with zero attached hydrogens (tertiary/aromatic N) is 1. The van der Waals surface area contributed by atoms with Crippen LogP contribution in [0, 0.1) is 5.92 Å². The van der Waals surface area contributed by atoms with Gasteiger partial charge in [0.15, 0.2) is 0 Å². The fourth-order valence-electron chi connectivity index (χ4n) is 2.82. The molecule has 0 heterocycles. The highest BCUT2D eigenvalue weighted by molar-refractivity contribution is 7.90. The van der Waals surface area contributed by atoms with Crippen LogP contribution in [0.3, 0.4) is 0 Å². The Hall–Kier alpha value is -0.780. The zero-order valence-corrected chi connectivity index (χ0v) is 13.9. The first-order valence-corrected chi connectivity index (χ1v) is 9.50. The summed E-state index contributed by atoms with van der Waals surface area (Å²) in [6, 6.07) is -0.243. The van der Waals surface area contributed by atoms with E-state index in [0.717, 1.165) is 25.7 Å². The summed E-state index contributed by atoms with van der Waals surface area (Å²) in [6.45, 7) is 3.95. The van der Waals surface area contributed by atoms with Gasteiger partial charge in [-0.1, -0.05) is 26.2 Å². The summed E-state index contributed by atoms with van der Waals surface area (Å²) in [6.07, 6.45) is 6.83. The first kappa shape index (κ1) is 17.3. The number of carbonyl (C=O) groups excluding carboxylic acids is 1. The number of sulfone groups is 1. The Morgan fingerprint density at radius 2 is 2.05 bits per heavy atom. The number of hydrogen-bond donors (Lipinski definition) is 1. The van der Waals surface area contributed by atoms with Crippen LogP contribution in [0.5, 0.6) is 0 Å². The molecule has 0 radical (unpaired) electrons. The molecule has 5 nitrogen and oxygen atoms in total. The molecule has 0 saturated heterocycles. The van der Waals surface area contributed by atoms with Crippen molar-refractivity contribution in [1.82, 2.24) is 10.2 Å². The van der Waals surface area contributed by atoms with Crippen molar-refractivity contribution in [2.45, 2.75) is 58.0 Å². The third-order valence-electron chi connectivity index (χ3n) is 4.21. The van der Waals surface area contributed by atoms with Gasteiger partial charge in [-0.15, -0.1) is 0 Å². The Balaban J connectivity index is 2.48. The van der Waals surface area contributed by atoms with E-state index in [0.29, 0.717) is 5.92 Å². The van der Waals surface area contributed by atoms with Gasteiger partial charge in [-0.3, -0.25) is 0 Å². The molecule has 1 aliphatic rings. The van der Waals surface area contributed by atoms with Crippen LogP contribution >= 0.6 is 0 Å². The van der Waals surface area contributed by atoms with Crippen molar-refractivity contribution < 1.29 is 13.2 Å². The maximum Gasteiger partial charge on any atom is 0.317 e. The lowest BCUT2D eigenvalue weighted by atomic mass is 9.84. The lowest BCUT2D eigenvalue weighted by Gasteiger charge is -2.32. The standard InChI is InChI=1S/C14H28N2O3S/c1-5-12-7-6-8-13(9-12)15-14(17)16(3)11(2)10-20(4,18)19/h11-13H,5-10H2,1-4H3,(H,15,17)/t11-,12-,13-/m1/s1. The average molecular weight is 304 g/mol. The Morgan fingerprint density at radius 3 is 2.60 bits per heavy atom. The third kappa shape index (κ3) is 5.69. The Labute approximate surface area is 123 Å². The number of rotatable bonds is 5. The predicted molar refractivity (Wildman–Crippen MR) is 81.5 cm³/mol. The van der Waals surface area contributed by atoms with Crippen LogP contribution < -0.4 is 5.32 Å². The fraction of sp³-hybridized carbons (Fsp3) is 0.929. The molecule has 0 aliphatic heterocycles. The van der Waals surface area contributed by atoms with Crippen LogP contribution in [0.1, 0.15) is 46.0 Å². The van der Waals surface area contributed by atoms with Gasteiger partial charge in [-0.25, -0.2) is 13.2 Å². The molecule has 1 fully saturated rings. The van der Waals surface area contributed by atoms with E-state index in [-0.39, 0.29) is 23.9 Å². The minimum absolute atomic E-state index is 0.000822. The monoisotopic (exact) mass is 304 g/mol. The van der Waals surface area contributed by atoms with Gasteiger partial charge < -0.3 is 10.2 Å². The number of hydrogen-bond acceptors (Lipinski definition) is 3. The van der Waals surface area contributed by atoms with Gasteiger partial charge >= 0.3 is 6.03 Å². The summed E-state index contributed by atoms with van der Waals surface area (Å²) in [5.74, 6) is 0.701. The van der Waals surface area contributed by atoms with Gasteiger partial charge in [-0.2, -0.15) is 0 Å². The lowest BCUT2D eigenvalue weighted by Crippen LogP contribution is -2.49. The van der Waals surface area contributed by atoms with Gasteiger partial charge in [0.1, 0.15) is 9.84 Å². The van der Waals surface area contributed by atoms with Gasteiger partial charge in [0.25, 0.3) is 0 Å². The number of amides is 2. The molecule has 0 bridgehead atoms. The number of nitrogens with one attached hydrogen (secondary N) is 1. The number of carbonyl (C=O) groups is 1. The number of urea groups is 1. The third-order valence-corrected chi connectivity index (χ3v) is 5.30. The van der Waals surface area contributed by atoms with Gasteiger partial charge in [0.05, 0.1) is 5.75 Å². The zero-order valence-electron chi connectivity index (χ0n) is 13.1. The SMILES string of the molecule is CC[C@@H]1CCC[C@@H](NC(=O)N(C)[C@H](C)CS(C)(=O)=O)C1. The Morgan fingerprint density at radius 1 is 1.40 bits per heavy atom. The highest BCUT2D eigenvalue weighted by atomic mass is 32.2. The molecule has 118 valence electrons. The van der Waals surface area contributed by atoms with E-state index < -0.39 is 9.84 Å². The van der Waals surface area contributed by atoms with Crippen LogP contribution in [0.15, 0.2) is 0 Å². The topological polar surface area (TPSA) is 66.5 Å². The van der Waals surface area contributed by atoms with Gasteiger partial charge in [0, 0.05) is 25.4 Å². The largest absolute Gasteiger partial charge is 0.335 e. The molecular weight excluding hydrogens is 276 g/mol. The molecule has 0 spiro atoms.